The molecule has 38 heavy (non-hydrogen) atoms. The Hall–Kier alpha value is -3.98. The number of aromatic nitrogens is 1. The van der Waals surface area contributed by atoms with Crippen LogP contribution in [0.2, 0.25) is 0 Å². The van der Waals surface area contributed by atoms with Gasteiger partial charge in [0.2, 0.25) is 5.91 Å². The molecule has 2 aromatic heterocycles. The van der Waals surface area contributed by atoms with Crippen LogP contribution in [-0.4, -0.2) is 88.2 Å². The van der Waals surface area contributed by atoms with Crippen LogP contribution in [0.15, 0.2) is 58.4 Å². The fraction of sp³-hybridized carbons (Fsp3) is 0.379. The summed E-state index contributed by atoms with van der Waals surface area (Å²) in [7, 11) is 0. The zero-order chi connectivity index (χ0) is 26.1. The van der Waals surface area contributed by atoms with Gasteiger partial charge in [-0.25, -0.2) is 0 Å². The van der Waals surface area contributed by atoms with Gasteiger partial charge in [-0.1, -0.05) is 17.3 Å². The molecule has 0 atom stereocenters. The maximum atomic E-state index is 13.5. The summed E-state index contributed by atoms with van der Waals surface area (Å²) in [5, 5.41) is 12.7. The van der Waals surface area contributed by atoms with Crippen molar-refractivity contribution in [3.8, 4) is 22.5 Å². The lowest BCUT2D eigenvalue weighted by atomic mass is 9.99. The van der Waals surface area contributed by atoms with Gasteiger partial charge in [0.05, 0.1) is 12.3 Å². The first-order valence-electron chi connectivity index (χ1n) is 13.3. The molecule has 0 radical (unpaired) electrons. The standard InChI is InChI=1S/C29H31N5O4/c35-27(33-11-1-2-12-33)19-32-13-15-34(16-14-32)29(36)26-18-24(20-7-9-30-10-8-20)28(38-26)22-3-5-23-21(17-22)4-6-25(23)31-37/h3,5,7-10,17-18,37H,1-2,4,6,11-16,19H2. The van der Waals surface area contributed by atoms with Crippen molar-refractivity contribution in [1.82, 2.24) is 19.7 Å². The lowest BCUT2D eigenvalue weighted by molar-refractivity contribution is -0.131. The lowest BCUT2D eigenvalue weighted by Gasteiger charge is -2.34. The van der Waals surface area contributed by atoms with Crippen molar-refractivity contribution in [2.75, 3.05) is 45.8 Å². The normalized spacial score (nSPS) is 18.8. The smallest absolute Gasteiger partial charge is 0.289 e. The Labute approximate surface area is 221 Å². The molecule has 1 aromatic carbocycles. The fourth-order valence-electron chi connectivity index (χ4n) is 5.69. The highest BCUT2D eigenvalue weighted by Crippen LogP contribution is 2.37. The molecule has 6 rings (SSSR count). The second-order valence-electron chi connectivity index (χ2n) is 10.2. The molecular formula is C29H31N5O4. The van der Waals surface area contributed by atoms with Crippen LogP contribution in [-0.2, 0) is 11.2 Å². The van der Waals surface area contributed by atoms with Crippen molar-refractivity contribution in [2.24, 2.45) is 5.16 Å². The molecule has 1 aliphatic carbocycles. The van der Waals surface area contributed by atoms with Gasteiger partial charge >= 0.3 is 0 Å². The van der Waals surface area contributed by atoms with E-state index in [1.807, 2.05) is 40.1 Å². The van der Waals surface area contributed by atoms with Gasteiger partial charge in [-0.2, -0.15) is 0 Å². The molecule has 4 heterocycles. The average Bonchev–Trinajstić information content (AvgIpc) is 3.73. The second kappa shape index (κ2) is 10.4. The molecule has 2 amide bonds. The predicted molar refractivity (Wildman–Crippen MR) is 142 cm³/mol. The molecule has 1 N–H and O–H groups in total. The molecule has 3 aliphatic rings. The highest BCUT2D eigenvalue weighted by Gasteiger charge is 2.29. The number of hydrogen-bond acceptors (Lipinski definition) is 7. The van der Waals surface area contributed by atoms with Crippen LogP contribution in [0.25, 0.3) is 22.5 Å². The quantitative estimate of drug-likeness (QED) is 0.414. The molecule has 196 valence electrons. The third-order valence-corrected chi connectivity index (χ3v) is 7.84. The summed E-state index contributed by atoms with van der Waals surface area (Å²) in [6.07, 6.45) is 7.12. The molecule has 0 unspecified atom stereocenters. The van der Waals surface area contributed by atoms with Crippen molar-refractivity contribution in [3.63, 3.8) is 0 Å². The molecule has 9 nitrogen and oxygen atoms in total. The van der Waals surface area contributed by atoms with Crippen LogP contribution in [0.1, 0.15) is 40.9 Å². The highest BCUT2D eigenvalue weighted by atomic mass is 16.4. The summed E-state index contributed by atoms with van der Waals surface area (Å²) in [5.74, 6) is 0.970. The van der Waals surface area contributed by atoms with Gasteiger partial charge < -0.3 is 19.4 Å². The molecule has 9 heteroatoms. The van der Waals surface area contributed by atoms with Crippen molar-refractivity contribution >= 4 is 17.5 Å². The number of benzene rings is 1. The van der Waals surface area contributed by atoms with E-state index in [2.05, 4.69) is 21.1 Å². The van der Waals surface area contributed by atoms with Crippen LogP contribution < -0.4 is 0 Å². The van der Waals surface area contributed by atoms with Gasteiger partial charge in [0.25, 0.3) is 5.91 Å². The minimum absolute atomic E-state index is 0.145. The first-order valence-corrected chi connectivity index (χ1v) is 13.3. The number of carbonyl (C=O) groups excluding carboxylic acids is 2. The number of pyridine rings is 1. The van der Waals surface area contributed by atoms with Crippen LogP contribution in [0.4, 0.5) is 0 Å². The van der Waals surface area contributed by atoms with Crippen LogP contribution in [0.5, 0.6) is 0 Å². The van der Waals surface area contributed by atoms with E-state index in [4.69, 9.17) is 4.42 Å². The van der Waals surface area contributed by atoms with E-state index in [1.165, 1.54) is 0 Å². The van der Waals surface area contributed by atoms with Gasteiger partial charge in [-0.3, -0.25) is 19.5 Å². The van der Waals surface area contributed by atoms with Crippen molar-refractivity contribution in [1.29, 1.82) is 0 Å². The number of oxime groups is 1. The van der Waals surface area contributed by atoms with E-state index in [-0.39, 0.29) is 11.8 Å². The van der Waals surface area contributed by atoms with E-state index in [1.54, 1.807) is 12.4 Å². The number of likely N-dealkylation sites (tertiary alicyclic amines) is 1. The molecular weight excluding hydrogens is 482 g/mol. The monoisotopic (exact) mass is 513 g/mol. The van der Waals surface area contributed by atoms with E-state index >= 15 is 0 Å². The van der Waals surface area contributed by atoms with E-state index in [9.17, 15) is 14.8 Å². The summed E-state index contributed by atoms with van der Waals surface area (Å²) < 4.78 is 6.28. The van der Waals surface area contributed by atoms with Gasteiger partial charge in [-0.15, -0.1) is 0 Å². The first kappa shape index (κ1) is 24.4. The molecule has 0 spiro atoms. The lowest BCUT2D eigenvalue weighted by Crippen LogP contribution is -2.51. The van der Waals surface area contributed by atoms with Crippen molar-refractivity contribution in [3.05, 3.63) is 65.7 Å². The Morgan fingerprint density at radius 2 is 1.63 bits per heavy atom. The topological polar surface area (TPSA) is 102 Å². The molecule has 2 aliphatic heterocycles. The summed E-state index contributed by atoms with van der Waals surface area (Å²) in [5.41, 5.74) is 5.36. The van der Waals surface area contributed by atoms with E-state index in [0.29, 0.717) is 56.4 Å². The number of fused-ring (bicyclic) bond motifs is 1. The first-order chi connectivity index (χ1) is 18.6. The van der Waals surface area contributed by atoms with Crippen LogP contribution >= 0.6 is 0 Å². The maximum Gasteiger partial charge on any atom is 0.289 e. The minimum Gasteiger partial charge on any atom is -0.450 e. The Morgan fingerprint density at radius 1 is 0.868 bits per heavy atom. The molecule has 0 bridgehead atoms. The zero-order valence-electron chi connectivity index (χ0n) is 21.3. The van der Waals surface area contributed by atoms with Crippen molar-refractivity contribution in [2.45, 2.75) is 25.7 Å². The number of rotatable bonds is 5. The summed E-state index contributed by atoms with van der Waals surface area (Å²) in [4.78, 5) is 36.1. The third-order valence-electron chi connectivity index (χ3n) is 7.84. The number of amides is 2. The summed E-state index contributed by atoms with van der Waals surface area (Å²) in [6.45, 7) is 4.56. The Balaban J connectivity index is 1.22. The van der Waals surface area contributed by atoms with Crippen LogP contribution in [0, 0.1) is 0 Å². The molecule has 0 saturated carbocycles. The summed E-state index contributed by atoms with van der Waals surface area (Å²) >= 11 is 0. The Kier molecular flexibility index (Phi) is 6.68. The second-order valence-corrected chi connectivity index (χ2v) is 10.2. The number of piperazine rings is 1. The maximum absolute atomic E-state index is 13.5. The number of hydrogen-bond donors (Lipinski definition) is 1. The van der Waals surface area contributed by atoms with Gasteiger partial charge in [0.15, 0.2) is 5.76 Å². The average molecular weight is 514 g/mol. The number of carbonyl (C=O) groups is 2. The predicted octanol–water partition coefficient (Wildman–Crippen LogP) is 3.51. The van der Waals surface area contributed by atoms with Gasteiger partial charge in [0.1, 0.15) is 5.76 Å². The van der Waals surface area contributed by atoms with Gasteiger partial charge in [0, 0.05) is 68.4 Å². The highest BCUT2D eigenvalue weighted by molar-refractivity contribution is 6.04. The summed E-state index contributed by atoms with van der Waals surface area (Å²) in [6, 6.07) is 11.6. The molecule has 2 saturated heterocycles. The molecule has 3 aromatic rings. The van der Waals surface area contributed by atoms with Crippen molar-refractivity contribution < 1.29 is 19.2 Å². The van der Waals surface area contributed by atoms with E-state index in [0.717, 1.165) is 60.2 Å². The Morgan fingerprint density at radius 3 is 2.37 bits per heavy atom. The largest absolute Gasteiger partial charge is 0.450 e. The van der Waals surface area contributed by atoms with Gasteiger partial charge in [-0.05, 0) is 61.1 Å². The Bertz CT molecular complexity index is 1370. The minimum atomic E-state index is -0.145. The number of furan rings is 1. The van der Waals surface area contributed by atoms with Crippen LogP contribution in [0.3, 0.4) is 0 Å². The zero-order valence-corrected chi connectivity index (χ0v) is 21.3. The molecule has 2 fully saturated rings. The number of nitrogens with zero attached hydrogens (tertiary/aromatic N) is 5. The number of aryl methyl sites for hydroxylation is 1. The SMILES string of the molecule is O=C(CN1CCN(C(=O)c2cc(-c3ccncc3)c(-c3ccc4c(c3)CCC4=NO)o2)CC1)N1CCCC1. The fourth-order valence-corrected chi connectivity index (χ4v) is 5.69. The van der Waals surface area contributed by atoms with E-state index < -0.39 is 0 Å². The third kappa shape index (κ3) is 4.69.